The smallest absolute Gasteiger partial charge is 0.276 e. The fourth-order valence-corrected chi connectivity index (χ4v) is 3.01. The molecule has 1 aliphatic heterocycles. The molecule has 0 saturated heterocycles. The van der Waals surface area contributed by atoms with Crippen molar-refractivity contribution < 1.29 is 19.0 Å². The number of nitrogens with zero attached hydrogens (tertiary/aromatic N) is 2. The number of ether oxygens (including phenoxy) is 3. The lowest BCUT2D eigenvalue weighted by atomic mass is 10.1. The Morgan fingerprint density at radius 2 is 1.96 bits per heavy atom. The van der Waals surface area contributed by atoms with Gasteiger partial charge in [-0.15, -0.1) is 0 Å². The van der Waals surface area contributed by atoms with E-state index in [-0.39, 0.29) is 12.7 Å². The van der Waals surface area contributed by atoms with Gasteiger partial charge >= 0.3 is 0 Å². The summed E-state index contributed by atoms with van der Waals surface area (Å²) in [6.45, 7) is 2.17. The molecule has 2 aromatic carbocycles. The van der Waals surface area contributed by atoms with Crippen molar-refractivity contribution >= 4 is 11.6 Å². The van der Waals surface area contributed by atoms with Crippen LogP contribution in [0.2, 0.25) is 0 Å². The minimum Gasteiger partial charge on any atom is -0.495 e. The topological polar surface area (TPSA) is 74.6 Å². The van der Waals surface area contributed by atoms with Crippen LogP contribution in [-0.2, 0) is 7.05 Å². The maximum atomic E-state index is 12.7. The fourth-order valence-electron chi connectivity index (χ4n) is 3.01. The molecule has 0 aliphatic carbocycles. The zero-order chi connectivity index (χ0) is 19.0. The number of aromatic nitrogens is 2. The number of carbonyl (C=O) groups is 1. The van der Waals surface area contributed by atoms with Gasteiger partial charge in [0.1, 0.15) is 5.75 Å². The third-order valence-electron chi connectivity index (χ3n) is 4.38. The summed E-state index contributed by atoms with van der Waals surface area (Å²) in [5, 5.41) is 7.21. The van der Waals surface area contributed by atoms with E-state index in [4.69, 9.17) is 14.2 Å². The quantitative estimate of drug-likeness (QED) is 0.767. The van der Waals surface area contributed by atoms with Gasteiger partial charge in [-0.1, -0.05) is 6.07 Å². The molecule has 0 radical (unpaired) electrons. The van der Waals surface area contributed by atoms with E-state index in [0.717, 1.165) is 16.8 Å². The molecule has 0 fully saturated rings. The van der Waals surface area contributed by atoms with Gasteiger partial charge < -0.3 is 19.5 Å². The van der Waals surface area contributed by atoms with Crippen LogP contribution in [0.25, 0.3) is 11.3 Å². The number of aryl methyl sites for hydroxylation is 2. The minimum absolute atomic E-state index is 0.218. The van der Waals surface area contributed by atoms with E-state index in [0.29, 0.717) is 28.6 Å². The van der Waals surface area contributed by atoms with E-state index < -0.39 is 0 Å². The Morgan fingerprint density at radius 1 is 1.15 bits per heavy atom. The van der Waals surface area contributed by atoms with Gasteiger partial charge in [-0.3, -0.25) is 9.48 Å². The highest BCUT2D eigenvalue weighted by Gasteiger charge is 2.19. The molecule has 1 amide bonds. The van der Waals surface area contributed by atoms with Gasteiger partial charge in [-0.25, -0.2) is 0 Å². The lowest BCUT2D eigenvalue weighted by Crippen LogP contribution is -2.13. The van der Waals surface area contributed by atoms with Gasteiger partial charge in [-0.05, 0) is 48.9 Å². The number of benzene rings is 2. The van der Waals surface area contributed by atoms with Crippen molar-refractivity contribution in [2.75, 3.05) is 19.2 Å². The second-order valence-electron chi connectivity index (χ2n) is 6.26. The number of carbonyl (C=O) groups excluding carboxylic acids is 1. The molecule has 3 aromatic rings. The van der Waals surface area contributed by atoms with E-state index in [1.165, 1.54) is 0 Å². The Kier molecular flexibility index (Phi) is 4.19. The highest BCUT2D eigenvalue weighted by atomic mass is 16.7. The number of hydrogen-bond acceptors (Lipinski definition) is 5. The molecule has 1 aliphatic rings. The number of rotatable bonds is 4. The van der Waals surface area contributed by atoms with Gasteiger partial charge in [-0.2, -0.15) is 5.10 Å². The molecule has 4 rings (SSSR count). The van der Waals surface area contributed by atoms with E-state index in [1.807, 2.05) is 43.3 Å². The first-order valence-electron chi connectivity index (χ1n) is 8.45. The average Bonchev–Trinajstić information content (AvgIpc) is 3.27. The molecule has 0 bridgehead atoms. The van der Waals surface area contributed by atoms with E-state index in [9.17, 15) is 4.79 Å². The van der Waals surface area contributed by atoms with E-state index >= 15 is 0 Å². The second-order valence-corrected chi connectivity index (χ2v) is 6.26. The first-order valence-corrected chi connectivity index (χ1v) is 8.45. The molecule has 27 heavy (non-hydrogen) atoms. The predicted molar refractivity (Wildman–Crippen MR) is 100 cm³/mol. The summed E-state index contributed by atoms with van der Waals surface area (Å²) in [7, 11) is 3.36. The van der Waals surface area contributed by atoms with Crippen LogP contribution in [0.5, 0.6) is 17.2 Å². The summed E-state index contributed by atoms with van der Waals surface area (Å²) in [5.74, 6) is 1.69. The number of fused-ring (bicyclic) bond motifs is 1. The monoisotopic (exact) mass is 365 g/mol. The molecule has 1 aromatic heterocycles. The Hall–Kier alpha value is -3.48. The van der Waals surface area contributed by atoms with E-state index in [2.05, 4.69) is 10.4 Å². The summed E-state index contributed by atoms with van der Waals surface area (Å²) in [5.41, 5.74) is 3.63. The molecule has 0 spiro atoms. The predicted octanol–water partition coefficient (Wildman–Crippen LogP) is 3.39. The Labute approximate surface area is 156 Å². The van der Waals surface area contributed by atoms with Gasteiger partial charge in [0.25, 0.3) is 5.91 Å². The third-order valence-corrected chi connectivity index (χ3v) is 4.38. The lowest BCUT2D eigenvalue weighted by Gasteiger charge is -2.09. The summed E-state index contributed by atoms with van der Waals surface area (Å²) in [4.78, 5) is 12.7. The number of hydrogen-bond donors (Lipinski definition) is 1. The van der Waals surface area contributed by atoms with Crippen molar-refractivity contribution in [3.63, 3.8) is 0 Å². The first-order chi connectivity index (χ1) is 13.0. The van der Waals surface area contributed by atoms with Crippen LogP contribution in [0.1, 0.15) is 16.1 Å². The van der Waals surface area contributed by atoms with Crippen LogP contribution in [0, 0.1) is 6.92 Å². The van der Waals surface area contributed by atoms with Crippen molar-refractivity contribution in [1.82, 2.24) is 9.78 Å². The largest absolute Gasteiger partial charge is 0.495 e. The number of amides is 1. The van der Waals surface area contributed by atoms with Crippen LogP contribution in [0.15, 0.2) is 42.5 Å². The van der Waals surface area contributed by atoms with E-state index in [1.54, 1.807) is 24.9 Å². The van der Waals surface area contributed by atoms with Gasteiger partial charge in [0.2, 0.25) is 6.79 Å². The zero-order valence-electron chi connectivity index (χ0n) is 15.3. The highest BCUT2D eigenvalue weighted by molar-refractivity contribution is 6.04. The zero-order valence-corrected chi connectivity index (χ0v) is 15.3. The summed E-state index contributed by atoms with van der Waals surface area (Å²) in [6, 6.07) is 13.0. The third kappa shape index (κ3) is 3.19. The summed E-state index contributed by atoms with van der Waals surface area (Å²) < 4.78 is 17.7. The fraction of sp³-hybridized carbons (Fsp3) is 0.200. The van der Waals surface area contributed by atoms with Gasteiger partial charge in [0.05, 0.1) is 18.5 Å². The first kappa shape index (κ1) is 17.0. The van der Waals surface area contributed by atoms with Crippen LogP contribution >= 0.6 is 0 Å². The second kappa shape index (κ2) is 6.68. The van der Waals surface area contributed by atoms with Crippen LogP contribution in [0.4, 0.5) is 5.69 Å². The van der Waals surface area contributed by atoms with Crippen molar-refractivity contribution in [2.45, 2.75) is 6.92 Å². The molecule has 7 nitrogen and oxygen atoms in total. The van der Waals surface area contributed by atoms with Crippen molar-refractivity contribution in [3.8, 4) is 28.5 Å². The molecule has 0 saturated carbocycles. The van der Waals surface area contributed by atoms with Crippen molar-refractivity contribution in [1.29, 1.82) is 0 Å². The standard InChI is InChI=1S/C20H19N3O4/c1-12-4-6-17(25-3)14(8-12)21-20(24)15-10-16(23(2)22-15)13-5-7-18-19(9-13)27-11-26-18/h4-10H,11H2,1-3H3,(H,21,24). The SMILES string of the molecule is COc1ccc(C)cc1NC(=O)c1cc(-c2ccc3c(c2)OCO3)n(C)n1. The normalized spacial score (nSPS) is 12.1. The maximum absolute atomic E-state index is 12.7. The van der Waals surface area contributed by atoms with Crippen molar-refractivity contribution in [3.05, 3.63) is 53.7 Å². The Morgan fingerprint density at radius 3 is 2.78 bits per heavy atom. The lowest BCUT2D eigenvalue weighted by molar-refractivity contribution is 0.102. The summed E-state index contributed by atoms with van der Waals surface area (Å²) in [6.07, 6.45) is 0. The molecule has 0 atom stereocenters. The average molecular weight is 365 g/mol. The molecular formula is C20H19N3O4. The summed E-state index contributed by atoms with van der Waals surface area (Å²) >= 11 is 0. The molecule has 2 heterocycles. The van der Waals surface area contributed by atoms with Crippen LogP contribution in [0.3, 0.4) is 0 Å². The molecule has 0 unspecified atom stereocenters. The van der Waals surface area contributed by atoms with Crippen molar-refractivity contribution in [2.24, 2.45) is 7.05 Å². The molecular weight excluding hydrogens is 346 g/mol. The number of nitrogens with one attached hydrogen (secondary N) is 1. The number of methoxy groups -OCH3 is 1. The number of anilines is 1. The van der Waals surface area contributed by atoms with Gasteiger partial charge in [0.15, 0.2) is 17.2 Å². The van der Waals surface area contributed by atoms with Gasteiger partial charge in [0, 0.05) is 12.6 Å². The van der Waals surface area contributed by atoms with Crippen LogP contribution < -0.4 is 19.5 Å². The maximum Gasteiger partial charge on any atom is 0.276 e. The molecule has 1 N–H and O–H groups in total. The molecule has 138 valence electrons. The highest BCUT2D eigenvalue weighted by Crippen LogP contribution is 2.36. The minimum atomic E-state index is -0.304. The molecule has 7 heteroatoms. The van der Waals surface area contributed by atoms with Crippen LogP contribution in [-0.4, -0.2) is 29.6 Å². The Balaban J connectivity index is 1.61. The Bertz CT molecular complexity index is 1030.